The third-order valence-corrected chi connectivity index (χ3v) is 9.42. The van der Waals surface area contributed by atoms with Crippen molar-refractivity contribution in [3.05, 3.63) is 41.9 Å². The summed E-state index contributed by atoms with van der Waals surface area (Å²) >= 11 is 7.99. The zero-order chi connectivity index (χ0) is 24.0. The smallest absolute Gasteiger partial charge is 0.311 e. The van der Waals surface area contributed by atoms with E-state index < -0.39 is 33.3 Å². The lowest BCUT2D eigenvalue weighted by Gasteiger charge is -2.37. The van der Waals surface area contributed by atoms with Gasteiger partial charge in [-0.25, -0.2) is 0 Å². The first-order valence-electron chi connectivity index (χ1n) is 11.2. The number of thioether (sulfide) groups is 1. The summed E-state index contributed by atoms with van der Waals surface area (Å²) in [6.45, 7) is 7.71. The number of hydrogen-bond donors (Lipinski definition) is 1. The van der Waals surface area contributed by atoms with Crippen LogP contribution < -0.4 is 4.90 Å². The van der Waals surface area contributed by atoms with Gasteiger partial charge in [-0.2, -0.15) is 0 Å². The van der Waals surface area contributed by atoms with Gasteiger partial charge >= 0.3 is 5.97 Å². The Morgan fingerprint density at radius 1 is 1.39 bits per heavy atom. The predicted molar refractivity (Wildman–Crippen MR) is 128 cm³/mol. The number of nitrogens with zero attached hydrogens (tertiary/aromatic N) is 2. The van der Waals surface area contributed by atoms with Crippen molar-refractivity contribution in [2.75, 3.05) is 31.2 Å². The molecule has 2 unspecified atom stereocenters. The molecule has 3 heterocycles. The van der Waals surface area contributed by atoms with E-state index in [2.05, 4.69) is 6.58 Å². The maximum atomic E-state index is 14.2. The molecule has 1 N–H and O–H groups in total. The molecule has 9 heteroatoms. The average Bonchev–Trinajstić information content (AvgIpc) is 3.34. The van der Waals surface area contributed by atoms with Crippen LogP contribution in [0.25, 0.3) is 0 Å². The number of esters is 1. The van der Waals surface area contributed by atoms with Crippen molar-refractivity contribution < 1.29 is 24.2 Å². The number of β-amino-alcohol motifs (C(OH)–C–C–N with tert-alkyl or cyclic N) is 1. The molecule has 1 spiro atoms. The average molecular weight is 493 g/mol. The number of anilines is 1. The highest BCUT2D eigenvalue weighted by molar-refractivity contribution is 8.02. The minimum Gasteiger partial charge on any atom is -0.466 e. The Morgan fingerprint density at radius 2 is 2.12 bits per heavy atom. The van der Waals surface area contributed by atoms with Crippen molar-refractivity contribution in [1.82, 2.24) is 4.90 Å². The highest BCUT2D eigenvalue weighted by atomic mass is 35.5. The van der Waals surface area contributed by atoms with E-state index in [1.54, 1.807) is 53.9 Å². The molecule has 0 aromatic heterocycles. The second-order valence-corrected chi connectivity index (χ2v) is 11.2. The van der Waals surface area contributed by atoms with E-state index in [4.69, 9.17) is 16.3 Å². The maximum Gasteiger partial charge on any atom is 0.311 e. The number of likely N-dealkylation sites (tertiary alicyclic amines) is 1. The van der Waals surface area contributed by atoms with Crippen LogP contribution in [-0.2, 0) is 19.1 Å². The number of ether oxygens (including phenoxy) is 1. The van der Waals surface area contributed by atoms with Gasteiger partial charge in [0.1, 0.15) is 6.04 Å². The van der Waals surface area contributed by atoms with Crippen LogP contribution in [0.5, 0.6) is 0 Å². The van der Waals surface area contributed by atoms with Crippen LogP contribution in [0.15, 0.2) is 36.9 Å². The van der Waals surface area contributed by atoms with Crippen LogP contribution in [0.1, 0.15) is 26.7 Å². The first kappa shape index (κ1) is 24.1. The molecule has 33 heavy (non-hydrogen) atoms. The van der Waals surface area contributed by atoms with Crippen LogP contribution in [0.2, 0.25) is 5.02 Å². The molecule has 0 saturated carbocycles. The van der Waals surface area contributed by atoms with E-state index >= 15 is 0 Å². The van der Waals surface area contributed by atoms with E-state index in [-0.39, 0.29) is 38.1 Å². The van der Waals surface area contributed by atoms with Gasteiger partial charge in [0.15, 0.2) is 0 Å². The zero-order valence-electron chi connectivity index (χ0n) is 18.8. The van der Waals surface area contributed by atoms with Crippen molar-refractivity contribution in [2.45, 2.75) is 42.2 Å². The molecule has 0 aliphatic carbocycles. The van der Waals surface area contributed by atoms with Gasteiger partial charge in [0.05, 0.1) is 40.5 Å². The third kappa shape index (κ3) is 3.58. The third-order valence-electron chi connectivity index (χ3n) is 7.11. The van der Waals surface area contributed by atoms with E-state index in [0.717, 1.165) is 0 Å². The van der Waals surface area contributed by atoms with Gasteiger partial charge in [-0.1, -0.05) is 29.8 Å². The van der Waals surface area contributed by atoms with Gasteiger partial charge in [-0.3, -0.25) is 14.4 Å². The predicted octanol–water partition coefficient (Wildman–Crippen LogP) is 2.90. The van der Waals surface area contributed by atoms with E-state index in [1.807, 2.05) is 6.92 Å². The number of rotatable bonds is 8. The quantitative estimate of drug-likeness (QED) is 0.443. The molecule has 0 radical (unpaired) electrons. The Morgan fingerprint density at radius 3 is 2.76 bits per heavy atom. The van der Waals surface area contributed by atoms with Gasteiger partial charge in [0.25, 0.3) is 5.91 Å². The Hall–Kier alpha value is -2.03. The van der Waals surface area contributed by atoms with Gasteiger partial charge in [0.2, 0.25) is 5.91 Å². The molecule has 7 nitrogen and oxygen atoms in total. The summed E-state index contributed by atoms with van der Waals surface area (Å²) in [7, 11) is 0. The number of para-hydroxylation sites is 1. The van der Waals surface area contributed by atoms with Gasteiger partial charge in [-0.05, 0) is 38.8 Å². The molecular formula is C24H29ClN2O5S. The Labute approximate surface area is 203 Å². The standard InChI is InChI=1S/C24H29ClN2O5S/c1-4-12-26(16-9-7-6-8-15(16)25)21(30)19-24-11-10-23(3,33-24)18(22(31)32-5-2)17(24)20(29)27(19)13-14-28/h4,6-9,17-19,28H,1,5,10-14H2,2-3H3/t17-,18-,19?,23+,24?/m0/s1. The Balaban J connectivity index is 1.81. The summed E-state index contributed by atoms with van der Waals surface area (Å²) in [5, 5.41) is 10.1. The van der Waals surface area contributed by atoms with Crippen molar-refractivity contribution in [3.8, 4) is 0 Å². The lowest BCUT2D eigenvalue weighted by molar-refractivity contribution is -0.155. The number of aliphatic hydroxyl groups excluding tert-OH is 1. The maximum absolute atomic E-state index is 14.2. The highest BCUT2D eigenvalue weighted by Crippen LogP contribution is 2.71. The summed E-state index contributed by atoms with van der Waals surface area (Å²) in [4.78, 5) is 43.9. The monoisotopic (exact) mass is 492 g/mol. The summed E-state index contributed by atoms with van der Waals surface area (Å²) in [5.41, 5.74) is 0.533. The molecule has 1 aromatic carbocycles. The molecule has 1 aromatic rings. The molecule has 4 rings (SSSR count). The number of hydrogen-bond acceptors (Lipinski definition) is 6. The van der Waals surface area contributed by atoms with E-state index in [1.165, 1.54) is 4.90 Å². The van der Waals surface area contributed by atoms with Crippen molar-refractivity contribution in [1.29, 1.82) is 0 Å². The first-order valence-corrected chi connectivity index (χ1v) is 12.4. The summed E-state index contributed by atoms with van der Waals surface area (Å²) < 4.78 is 4.11. The largest absolute Gasteiger partial charge is 0.466 e. The van der Waals surface area contributed by atoms with Crippen LogP contribution in [0.4, 0.5) is 5.69 Å². The molecule has 3 aliphatic rings. The van der Waals surface area contributed by atoms with Crippen molar-refractivity contribution in [2.24, 2.45) is 11.8 Å². The highest BCUT2D eigenvalue weighted by Gasteiger charge is 2.77. The Kier molecular flexibility index (Phi) is 6.55. The van der Waals surface area contributed by atoms with Crippen LogP contribution in [0.3, 0.4) is 0 Å². The first-order chi connectivity index (χ1) is 15.8. The van der Waals surface area contributed by atoms with Crippen LogP contribution >= 0.6 is 23.4 Å². The van der Waals surface area contributed by atoms with Gasteiger partial charge in [-0.15, -0.1) is 18.3 Å². The van der Waals surface area contributed by atoms with Gasteiger partial charge < -0.3 is 19.6 Å². The molecular weight excluding hydrogens is 464 g/mol. The molecule has 3 saturated heterocycles. The summed E-state index contributed by atoms with van der Waals surface area (Å²) in [5.74, 6) is -2.24. The lowest BCUT2D eigenvalue weighted by atomic mass is 9.66. The fourth-order valence-corrected chi connectivity index (χ4v) is 8.47. The van der Waals surface area contributed by atoms with Gasteiger partial charge in [0, 0.05) is 17.8 Å². The van der Waals surface area contributed by atoms with Crippen LogP contribution in [0, 0.1) is 11.8 Å². The number of halogens is 1. The number of carbonyl (C=O) groups is 3. The van der Waals surface area contributed by atoms with Crippen molar-refractivity contribution >= 4 is 46.8 Å². The second kappa shape index (κ2) is 8.96. The zero-order valence-corrected chi connectivity index (χ0v) is 20.4. The number of fused-ring (bicyclic) bond motifs is 1. The molecule has 2 bridgehead atoms. The Bertz CT molecular complexity index is 989. The normalized spacial score (nSPS) is 32.1. The number of amides is 2. The van der Waals surface area contributed by atoms with Crippen LogP contribution in [-0.4, -0.2) is 69.6 Å². The fraction of sp³-hybridized carbons (Fsp3) is 0.542. The minimum absolute atomic E-state index is 0.0186. The van der Waals surface area contributed by atoms with E-state index in [0.29, 0.717) is 23.6 Å². The second-order valence-electron chi connectivity index (χ2n) is 8.92. The SMILES string of the molecule is C=CCN(C(=O)C1N(CCO)C(=O)[C@@H]2[C@@H](C(=O)OCC)[C@@]3(C)CCC12S3)c1ccccc1Cl. The molecule has 5 atom stereocenters. The lowest BCUT2D eigenvalue weighted by Crippen LogP contribution is -2.55. The van der Waals surface area contributed by atoms with E-state index in [9.17, 15) is 19.5 Å². The topological polar surface area (TPSA) is 87.2 Å². The molecule has 178 valence electrons. The number of carbonyl (C=O) groups excluding carboxylic acids is 3. The summed E-state index contributed by atoms with van der Waals surface area (Å²) in [6.07, 6.45) is 2.95. The van der Waals surface area contributed by atoms with Crippen molar-refractivity contribution in [3.63, 3.8) is 0 Å². The number of benzene rings is 1. The molecule has 3 aliphatic heterocycles. The minimum atomic E-state index is -0.829. The molecule has 3 fully saturated rings. The molecule has 2 amide bonds. The summed E-state index contributed by atoms with van der Waals surface area (Å²) in [6, 6.07) is 6.22. The number of aliphatic hydroxyl groups is 1. The fourth-order valence-electron chi connectivity index (χ4n) is 5.90.